The third kappa shape index (κ3) is 3.36. The maximum Gasteiger partial charge on any atom is 0.171 e. The summed E-state index contributed by atoms with van der Waals surface area (Å²) < 4.78 is 0. The van der Waals surface area contributed by atoms with E-state index in [2.05, 4.69) is 31.6 Å². The molecule has 0 aromatic carbocycles. The van der Waals surface area contributed by atoms with Crippen molar-refractivity contribution in [2.45, 2.75) is 31.6 Å². The fraction of sp³-hybridized carbons (Fsp3) is 0.294. The van der Waals surface area contributed by atoms with Crippen LogP contribution in [0.4, 0.5) is 11.6 Å². The molecule has 1 atom stereocenters. The molecule has 0 radical (unpaired) electrons. The second-order valence-electron chi connectivity index (χ2n) is 6.05. The number of thiophene rings is 1. The molecule has 0 bridgehead atoms. The smallest absolute Gasteiger partial charge is 0.171 e. The van der Waals surface area contributed by atoms with E-state index in [-0.39, 0.29) is 8.77 Å². The molecule has 0 aliphatic heterocycles. The topological polar surface area (TPSA) is 90.3 Å². The van der Waals surface area contributed by atoms with Crippen LogP contribution in [0.2, 0.25) is 5.02 Å². The van der Waals surface area contributed by atoms with Gasteiger partial charge < -0.3 is 5.32 Å². The summed E-state index contributed by atoms with van der Waals surface area (Å²) in [7, 11) is 0. The first kappa shape index (κ1) is 16.1. The number of rotatable bonds is 5. The highest BCUT2D eigenvalue weighted by molar-refractivity contribution is 7.15. The quantitative estimate of drug-likeness (QED) is 0.630. The van der Waals surface area contributed by atoms with Gasteiger partial charge in [-0.15, -0.1) is 11.3 Å². The van der Waals surface area contributed by atoms with Gasteiger partial charge in [0.2, 0.25) is 0 Å². The van der Waals surface area contributed by atoms with Crippen molar-refractivity contribution >= 4 is 34.6 Å². The molecule has 1 unspecified atom stereocenters. The van der Waals surface area contributed by atoms with Gasteiger partial charge in [0, 0.05) is 25.4 Å². The maximum atomic E-state index is 9.05. The Labute approximate surface area is 156 Å². The molecule has 25 heavy (non-hydrogen) atoms. The molecule has 1 aliphatic carbocycles. The second-order valence-corrected chi connectivity index (χ2v) is 7.57. The average molecular weight is 375 g/mol. The highest BCUT2D eigenvalue weighted by Crippen LogP contribution is 2.40. The lowest BCUT2D eigenvalue weighted by Crippen LogP contribution is -1.98. The normalized spacial score (nSPS) is 14.9. The molecule has 4 rings (SSSR count). The lowest BCUT2D eigenvalue weighted by Gasteiger charge is -2.05. The van der Waals surface area contributed by atoms with Crippen LogP contribution in [0.3, 0.4) is 0 Å². The Bertz CT molecular complexity index is 962. The summed E-state index contributed by atoms with van der Waals surface area (Å²) in [6.45, 7) is 1.88. The first-order valence-electron chi connectivity index (χ1n) is 7.98. The van der Waals surface area contributed by atoms with Crippen LogP contribution in [0.1, 0.15) is 45.0 Å². The van der Waals surface area contributed by atoms with Gasteiger partial charge in [0.05, 0.1) is 23.1 Å². The Morgan fingerprint density at radius 3 is 3.08 bits per heavy atom. The fourth-order valence-electron chi connectivity index (χ4n) is 2.47. The van der Waals surface area contributed by atoms with Gasteiger partial charge in [-0.25, -0.2) is 9.97 Å². The van der Waals surface area contributed by atoms with Gasteiger partial charge in [-0.1, -0.05) is 11.6 Å². The van der Waals surface area contributed by atoms with Crippen LogP contribution in [0, 0.1) is 11.3 Å². The van der Waals surface area contributed by atoms with Crippen LogP contribution < -0.4 is 5.32 Å². The second kappa shape index (κ2) is 6.47. The molecule has 130 valence electrons. The highest BCUT2D eigenvalue weighted by Gasteiger charge is 2.25. The monoisotopic (exact) mass is 374 g/mol. The molecule has 2 N–H and O–H groups in total. The summed E-state index contributed by atoms with van der Waals surface area (Å²) in [5.41, 5.74) is 1.14. The molecular weight excluding hydrogens is 356 g/mol. The molecule has 3 aromatic heterocycles. The van der Waals surface area contributed by atoms with Gasteiger partial charge in [0.1, 0.15) is 5.02 Å². The predicted octanol–water partition coefficient (Wildman–Crippen LogP) is 5.32. The molecule has 8 heteroatoms. The molecule has 3 heterocycles. The van der Waals surface area contributed by atoms with Crippen LogP contribution in [-0.2, 0) is 0 Å². The zero-order chi connectivity index (χ0) is 17.4. The van der Waals surface area contributed by atoms with E-state index in [1.165, 1.54) is 24.2 Å². The van der Waals surface area contributed by atoms with Crippen molar-refractivity contribution in [3.8, 4) is 16.8 Å². The summed E-state index contributed by atoms with van der Waals surface area (Å²) in [4.78, 5) is 10.7. The van der Waals surface area contributed by atoms with Gasteiger partial charge in [0.25, 0.3) is 0 Å². The number of hydrogen-bond donors (Lipinski definition) is 2. The Hall–Kier alpha value is -2.43. The zero-order valence-corrected chi connectivity index (χ0v) is 15.0. The lowest BCUT2D eigenvalue weighted by molar-refractivity contribution is 0.966. The molecule has 0 amide bonds. The fourth-order valence-corrected chi connectivity index (χ4v) is 3.55. The predicted molar refractivity (Wildman–Crippen MR) is 102 cm³/mol. The van der Waals surface area contributed by atoms with Crippen molar-refractivity contribution < 1.29 is 2.85 Å². The van der Waals surface area contributed by atoms with Crippen LogP contribution in [0.25, 0.3) is 10.7 Å². The number of nitriles is 1. The summed E-state index contributed by atoms with van der Waals surface area (Å²) in [6, 6.07) is 8.10. The molecule has 1 saturated carbocycles. The largest absolute Gasteiger partial charge is 0.322 e. The summed E-state index contributed by atoms with van der Waals surface area (Å²) in [6.07, 6.45) is 4.00. The minimum atomic E-state index is -0.145. The Morgan fingerprint density at radius 2 is 2.32 bits per heavy atom. The zero-order valence-electron chi connectivity index (χ0n) is 13.5. The molecule has 1 aliphatic rings. The van der Waals surface area contributed by atoms with Crippen LogP contribution in [-0.4, -0.2) is 20.2 Å². The van der Waals surface area contributed by atoms with E-state index >= 15 is 0 Å². The standard InChI is InChI=1S/C17H15ClN6S.2H2/c1-9(7-19)13-4-5-14(25-13)17-20-8-11(18)16(22-17)21-15-6-12(23-24-15)10-2-3-10;;/h4-6,8-10H,2-3H2,1H3,(H2,20,21,22,23,24);2*1H. The molecule has 6 nitrogen and oxygen atoms in total. The first-order chi connectivity index (χ1) is 12.1. The number of halogens is 1. The third-order valence-corrected chi connectivity index (χ3v) is 5.61. The average Bonchev–Trinajstić information content (AvgIpc) is 3.17. The van der Waals surface area contributed by atoms with Crippen molar-refractivity contribution in [2.75, 3.05) is 5.32 Å². The van der Waals surface area contributed by atoms with Gasteiger partial charge in [0.15, 0.2) is 17.5 Å². The maximum absolute atomic E-state index is 9.05. The van der Waals surface area contributed by atoms with Crippen molar-refractivity contribution in [3.63, 3.8) is 0 Å². The SMILES string of the molecule is CC(C#N)c1ccc(-c2ncc(Cl)c(Nc3cc(C4CC4)[nH]n3)n2)s1.[HH].[HH]. The minimum absolute atomic E-state index is 0. The van der Waals surface area contributed by atoms with Crippen LogP contribution in [0.5, 0.6) is 0 Å². The number of hydrogen-bond acceptors (Lipinski definition) is 6. The van der Waals surface area contributed by atoms with E-state index < -0.39 is 0 Å². The van der Waals surface area contributed by atoms with Crippen molar-refractivity contribution in [1.82, 2.24) is 20.2 Å². The number of aromatic nitrogens is 4. The van der Waals surface area contributed by atoms with Crippen molar-refractivity contribution in [2.24, 2.45) is 0 Å². The number of nitrogens with one attached hydrogen (secondary N) is 2. The van der Waals surface area contributed by atoms with E-state index in [0.717, 1.165) is 15.4 Å². The first-order valence-corrected chi connectivity index (χ1v) is 9.18. The van der Waals surface area contributed by atoms with Crippen LogP contribution in [0.15, 0.2) is 24.4 Å². The number of H-pyrrole nitrogens is 1. The Balaban J connectivity index is 0.00000131. The van der Waals surface area contributed by atoms with Crippen molar-refractivity contribution in [3.05, 3.63) is 40.0 Å². The lowest BCUT2D eigenvalue weighted by atomic mass is 10.2. The molecule has 0 saturated heterocycles. The van der Waals surface area contributed by atoms with E-state index in [9.17, 15) is 0 Å². The minimum Gasteiger partial charge on any atom is -0.322 e. The Kier molecular flexibility index (Phi) is 4.15. The number of anilines is 2. The molecular formula is C17H19ClN6S. The summed E-state index contributed by atoms with van der Waals surface area (Å²) in [5.74, 6) is 2.24. The third-order valence-electron chi connectivity index (χ3n) is 4.07. The molecule has 1 fully saturated rings. The van der Waals surface area contributed by atoms with E-state index in [1.807, 2.05) is 25.1 Å². The number of aromatic amines is 1. The van der Waals surface area contributed by atoms with Crippen LogP contribution >= 0.6 is 22.9 Å². The highest BCUT2D eigenvalue weighted by atomic mass is 35.5. The van der Waals surface area contributed by atoms with Gasteiger partial charge in [-0.05, 0) is 31.9 Å². The molecule has 0 spiro atoms. The number of nitrogens with zero attached hydrogens (tertiary/aromatic N) is 4. The van der Waals surface area contributed by atoms with Gasteiger partial charge in [-0.2, -0.15) is 10.4 Å². The van der Waals surface area contributed by atoms with Crippen molar-refractivity contribution in [1.29, 1.82) is 5.26 Å². The summed E-state index contributed by atoms with van der Waals surface area (Å²) in [5, 5.41) is 19.9. The summed E-state index contributed by atoms with van der Waals surface area (Å²) >= 11 is 7.74. The van der Waals surface area contributed by atoms with E-state index in [1.54, 1.807) is 6.20 Å². The van der Waals surface area contributed by atoms with E-state index in [0.29, 0.717) is 28.4 Å². The van der Waals surface area contributed by atoms with Gasteiger partial charge in [-0.3, -0.25) is 5.10 Å². The molecule has 3 aromatic rings. The van der Waals surface area contributed by atoms with Gasteiger partial charge >= 0.3 is 0 Å². The Morgan fingerprint density at radius 1 is 1.48 bits per heavy atom. The van der Waals surface area contributed by atoms with E-state index in [4.69, 9.17) is 16.9 Å².